The lowest BCUT2D eigenvalue weighted by Crippen LogP contribution is -2.51. The van der Waals surface area contributed by atoms with Crippen LogP contribution in [0.2, 0.25) is 0 Å². The summed E-state index contributed by atoms with van der Waals surface area (Å²) in [6.45, 7) is 4.65. The van der Waals surface area contributed by atoms with Crippen LogP contribution in [-0.4, -0.2) is 23.2 Å². The smallest absolute Gasteiger partial charge is 0.323 e. The lowest BCUT2D eigenvalue weighted by molar-refractivity contribution is -0.145. The maximum Gasteiger partial charge on any atom is 0.323 e. The monoisotopic (exact) mass is 199 g/mol. The van der Waals surface area contributed by atoms with Gasteiger partial charge in [-0.05, 0) is 32.2 Å². The minimum atomic E-state index is -0.710. The number of aliphatic carboxylic acids is 1. The van der Waals surface area contributed by atoms with Crippen molar-refractivity contribution in [3.63, 3.8) is 0 Å². The summed E-state index contributed by atoms with van der Waals surface area (Å²) < 4.78 is 0. The van der Waals surface area contributed by atoms with Gasteiger partial charge in [-0.15, -0.1) is 0 Å². The Morgan fingerprint density at radius 1 is 1.57 bits per heavy atom. The van der Waals surface area contributed by atoms with Gasteiger partial charge in [0.1, 0.15) is 5.54 Å². The molecule has 0 heterocycles. The van der Waals surface area contributed by atoms with Crippen molar-refractivity contribution in [1.29, 1.82) is 0 Å². The van der Waals surface area contributed by atoms with E-state index < -0.39 is 11.5 Å². The molecule has 3 heteroatoms. The topological polar surface area (TPSA) is 49.3 Å². The van der Waals surface area contributed by atoms with Crippen molar-refractivity contribution in [2.75, 3.05) is 6.54 Å². The second-order valence-electron chi connectivity index (χ2n) is 4.57. The molecule has 0 amide bonds. The van der Waals surface area contributed by atoms with Crippen LogP contribution in [-0.2, 0) is 4.79 Å². The fourth-order valence-electron chi connectivity index (χ4n) is 1.91. The highest BCUT2D eigenvalue weighted by Gasteiger charge is 2.36. The summed E-state index contributed by atoms with van der Waals surface area (Å²) in [6.07, 6.45) is 5.44. The van der Waals surface area contributed by atoms with Gasteiger partial charge in [0.05, 0.1) is 0 Å². The Morgan fingerprint density at radius 2 is 2.21 bits per heavy atom. The van der Waals surface area contributed by atoms with Gasteiger partial charge in [0.15, 0.2) is 0 Å². The first-order valence-corrected chi connectivity index (χ1v) is 5.57. The van der Waals surface area contributed by atoms with Crippen molar-refractivity contribution in [3.05, 3.63) is 0 Å². The van der Waals surface area contributed by atoms with E-state index in [0.717, 1.165) is 19.4 Å². The van der Waals surface area contributed by atoms with E-state index in [-0.39, 0.29) is 0 Å². The van der Waals surface area contributed by atoms with Gasteiger partial charge < -0.3 is 10.4 Å². The first-order valence-electron chi connectivity index (χ1n) is 5.57. The summed E-state index contributed by atoms with van der Waals surface area (Å²) in [7, 11) is 0. The lowest BCUT2D eigenvalue weighted by atomic mass is 9.76. The fraction of sp³-hybridized carbons (Fsp3) is 0.909. The average Bonchev–Trinajstić information content (AvgIpc) is 2.08. The van der Waals surface area contributed by atoms with Crippen LogP contribution in [0.3, 0.4) is 0 Å². The summed E-state index contributed by atoms with van der Waals surface area (Å²) in [5.41, 5.74) is -0.707. The summed E-state index contributed by atoms with van der Waals surface area (Å²) in [5.74, 6) is -0.0849. The Bertz CT molecular complexity index is 201. The molecule has 0 aromatic rings. The molecule has 1 rings (SSSR count). The molecule has 1 aliphatic carbocycles. The average molecular weight is 199 g/mol. The molecule has 0 spiro atoms. The first kappa shape index (κ1) is 11.5. The SMILES string of the molecule is CCCNC(C)(CC1CCC1)C(=O)O. The third-order valence-corrected chi connectivity index (χ3v) is 3.16. The summed E-state index contributed by atoms with van der Waals surface area (Å²) in [4.78, 5) is 11.1. The van der Waals surface area contributed by atoms with E-state index in [2.05, 4.69) is 12.2 Å². The number of nitrogens with one attached hydrogen (secondary N) is 1. The molecule has 1 aliphatic rings. The van der Waals surface area contributed by atoms with E-state index in [0.29, 0.717) is 5.92 Å². The fourth-order valence-corrected chi connectivity index (χ4v) is 1.91. The van der Waals surface area contributed by atoms with E-state index in [1.165, 1.54) is 19.3 Å². The van der Waals surface area contributed by atoms with E-state index >= 15 is 0 Å². The van der Waals surface area contributed by atoms with E-state index in [9.17, 15) is 4.79 Å². The van der Waals surface area contributed by atoms with Crippen molar-refractivity contribution in [1.82, 2.24) is 5.32 Å². The molecule has 0 bridgehead atoms. The van der Waals surface area contributed by atoms with Gasteiger partial charge in [-0.25, -0.2) is 0 Å². The molecule has 3 nitrogen and oxygen atoms in total. The highest BCUT2D eigenvalue weighted by molar-refractivity contribution is 5.78. The zero-order valence-corrected chi connectivity index (χ0v) is 9.18. The van der Waals surface area contributed by atoms with Gasteiger partial charge in [0, 0.05) is 0 Å². The van der Waals surface area contributed by atoms with Crippen LogP contribution in [0.15, 0.2) is 0 Å². The maximum absolute atomic E-state index is 11.1. The van der Waals surface area contributed by atoms with Crippen molar-refractivity contribution < 1.29 is 9.90 Å². The van der Waals surface area contributed by atoms with Crippen molar-refractivity contribution in [3.8, 4) is 0 Å². The molecule has 0 aliphatic heterocycles. The highest BCUT2D eigenvalue weighted by Crippen LogP contribution is 2.33. The standard InChI is InChI=1S/C11H21NO2/c1-3-7-12-11(2,10(13)14)8-9-5-4-6-9/h9,12H,3-8H2,1-2H3,(H,13,14). The van der Waals surface area contributed by atoms with Gasteiger partial charge in [0.25, 0.3) is 0 Å². The molecule has 0 aromatic carbocycles. The third kappa shape index (κ3) is 2.71. The summed E-state index contributed by atoms with van der Waals surface area (Å²) in [6, 6.07) is 0. The van der Waals surface area contributed by atoms with Crippen molar-refractivity contribution >= 4 is 5.97 Å². The second-order valence-corrected chi connectivity index (χ2v) is 4.57. The van der Waals surface area contributed by atoms with Crippen LogP contribution in [0.25, 0.3) is 0 Å². The third-order valence-electron chi connectivity index (χ3n) is 3.16. The Hall–Kier alpha value is -0.570. The maximum atomic E-state index is 11.1. The number of carboxylic acids is 1. The molecule has 82 valence electrons. The minimum absolute atomic E-state index is 0.625. The number of carboxylic acid groups (broad SMARTS) is 1. The van der Waals surface area contributed by atoms with Gasteiger partial charge >= 0.3 is 5.97 Å². The predicted octanol–water partition coefficient (Wildman–Crippen LogP) is 2.02. The number of carbonyl (C=O) groups is 1. The zero-order valence-electron chi connectivity index (χ0n) is 9.18. The Balaban J connectivity index is 2.46. The molecule has 0 aromatic heterocycles. The van der Waals surface area contributed by atoms with E-state index in [4.69, 9.17) is 5.11 Å². The predicted molar refractivity (Wildman–Crippen MR) is 56.3 cm³/mol. The Morgan fingerprint density at radius 3 is 2.57 bits per heavy atom. The Kier molecular flexibility index (Phi) is 3.93. The van der Waals surface area contributed by atoms with Gasteiger partial charge in [-0.2, -0.15) is 0 Å². The molecule has 1 unspecified atom stereocenters. The van der Waals surface area contributed by atoms with Crippen LogP contribution in [0, 0.1) is 5.92 Å². The molecule has 2 N–H and O–H groups in total. The number of hydrogen-bond acceptors (Lipinski definition) is 2. The first-order chi connectivity index (χ1) is 6.58. The number of hydrogen-bond donors (Lipinski definition) is 2. The molecular weight excluding hydrogens is 178 g/mol. The van der Waals surface area contributed by atoms with Gasteiger partial charge in [-0.1, -0.05) is 26.2 Å². The van der Waals surface area contributed by atoms with Crippen LogP contribution in [0.5, 0.6) is 0 Å². The number of rotatable bonds is 6. The lowest BCUT2D eigenvalue weighted by Gasteiger charge is -2.34. The zero-order chi connectivity index (χ0) is 10.6. The largest absolute Gasteiger partial charge is 0.480 e. The van der Waals surface area contributed by atoms with Crippen LogP contribution in [0.4, 0.5) is 0 Å². The highest BCUT2D eigenvalue weighted by atomic mass is 16.4. The summed E-state index contributed by atoms with van der Waals surface area (Å²) >= 11 is 0. The van der Waals surface area contributed by atoms with E-state index in [1.807, 2.05) is 6.92 Å². The van der Waals surface area contributed by atoms with Crippen LogP contribution < -0.4 is 5.32 Å². The van der Waals surface area contributed by atoms with Crippen LogP contribution in [0.1, 0.15) is 46.0 Å². The molecule has 1 atom stereocenters. The normalized spacial score (nSPS) is 21.3. The molecule has 0 radical (unpaired) electrons. The summed E-state index contributed by atoms with van der Waals surface area (Å²) in [5, 5.41) is 12.3. The molecule has 14 heavy (non-hydrogen) atoms. The molecule has 1 saturated carbocycles. The minimum Gasteiger partial charge on any atom is -0.480 e. The molecule has 1 fully saturated rings. The van der Waals surface area contributed by atoms with E-state index in [1.54, 1.807) is 0 Å². The molecular formula is C11H21NO2. The second kappa shape index (κ2) is 4.78. The van der Waals surface area contributed by atoms with Crippen LogP contribution >= 0.6 is 0 Å². The van der Waals surface area contributed by atoms with Gasteiger partial charge in [0.2, 0.25) is 0 Å². The van der Waals surface area contributed by atoms with Gasteiger partial charge in [-0.3, -0.25) is 4.79 Å². The van der Waals surface area contributed by atoms with Crippen molar-refractivity contribution in [2.24, 2.45) is 5.92 Å². The molecule has 0 saturated heterocycles. The Labute approximate surface area is 85.9 Å². The van der Waals surface area contributed by atoms with Crippen molar-refractivity contribution in [2.45, 2.75) is 51.5 Å². The quantitative estimate of drug-likeness (QED) is 0.688.